The molecule has 0 heterocycles. The molecule has 0 aromatic heterocycles. The lowest BCUT2D eigenvalue weighted by atomic mass is 10.0. The van der Waals surface area contributed by atoms with E-state index in [0.717, 1.165) is 19.3 Å². The smallest absolute Gasteiger partial charge is 0.251 e. The largest absolute Gasteiger partial charge is 0.340 e. The summed E-state index contributed by atoms with van der Waals surface area (Å²) in [6, 6.07) is 11.1. The number of fused-ring (bicyclic) bond motifs is 1. The van der Waals surface area contributed by atoms with Gasteiger partial charge in [-0.25, -0.2) is 8.42 Å². The van der Waals surface area contributed by atoms with Crippen LogP contribution in [0.25, 0.3) is 0 Å². The normalized spacial score (nSPS) is 14.2. The van der Waals surface area contributed by atoms with E-state index in [-0.39, 0.29) is 22.3 Å². The Bertz CT molecular complexity index is 1120. The number of hydrogen-bond acceptors (Lipinski definition) is 4. The minimum absolute atomic E-state index is 0.0579. The van der Waals surface area contributed by atoms with Crippen LogP contribution in [0.5, 0.6) is 0 Å². The van der Waals surface area contributed by atoms with E-state index < -0.39 is 22.0 Å². The van der Waals surface area contributed by atoms with Gasteiger partial charge in [-0.1, -0.05) is 39.8 Å². The van der Waals surface area contributed by atoms with Gasteiger partial charge in [0, 0.05) is 24.3 Å². The summed E-state index contributed by atoms with van der Waals surface area (Å²) in [4.78, 5) is 26.0. The number of nitrogens with zero attached hydrogens (tertiary/aromatic N) is 1. The van der Waals surface area contributed by atoms with Crippen molar-refractivity contribution >= 4 is 27.5 Å². The first-order valence-corrected chi connectivity index (χ1v) is 12.9. The highest BCUT2D eigenvalue weighted by Crippen LogP contribution is 2.25. The van der Waals surface area contributed by atoms with Crippen molar-refractivity contribution < 1.29 is 18.0 Å². The van der Waals surface area contributed by atoms with E-state index in [1.54, 1.807) is 26.0 Å². The van der Waals surface area contributed by atoms with Gasteiger partial charge < -0.3 is 10.6 Å². The molecule has 1 atom stereocenters. The molecule has 0 aliphatic heterocycles. The standard InChI is InChI=1S/C25H33N3O4S/c1-5-28(6-2)33(31,32)22-12-8-11-20(16-22)24(29)27-23(17(3)4)25(30)26-21-14-13-18-9-7-10-19(18)15-21/h8,11-17,23H,5-7,9-10H2,1-4H3,(H,26,30)(H,27,29)/t23-/m0/s1. The molecule has 0 spiro atoms. The van der Waals surface area contributed by atoms with Gasteiger partial charge in [0.15, 0.2) is 0 Å². The number of sulfonamides is 1. The van der Waals surface area contributed by atoms with Gasteiger partial charge in [0.05, 0.1) is 4.90 Å². The molecule has 7 nitrogen and oxygen atoms in total. The Morgan fingerprint density at radius 1 is 1.00 bits per heavy atom. The Morgan fingerprint density at radius 3 is 2.36 bits per heavy atom. The second kappa shape index (κ2) is 10.5. The van der Waals surface area contributed by atoms with Crippen molar-refractivity contribution in [2.24, 2.45) is 5.92 Å². The van der Waals surface area contributed by atoms with Gasteiger partial charge >= 0.3 is 0 Å². The monoisotopic (exact) mass is 471 g/mol. The fraction of sp³-hybridized carbons (Fsp3) is 0.440. The Labute approximate surface area is 196 Å². The zero-order valence-electron chi connectivity index (χ0n) is 19.7. The SMILES string of the molecule is CCN(CC)S(=O)(=O)c1cccc(C(=O)N[C@H](C(=O)Nc2ccc3c(c2)CCC3)C(C)C)c1. The molecular weight excluding hydrogens is 438 g/mol. The van der Waals surface area contributed by atoms with Crippen molar-refractivity contribution in [3.63, 3.8) is 0 Å². The topological polar surface area (TPSA) is 95.6 Å². The third kappa shape index (κ3) is 5.62. The van der Waals surface area contributed by atoms with Crippen LogP contribution in [0.4, 0.5) is 5.69 Å². The Kier molecular flexibility index (Phi) is 7.92. The number of rotatable bonds is 9. The zero-order valence-corrected chi connectivity index (χ0v) is 20.5. The van der Waals surface area contributed by atoms with Crippen LogP contribution >= 0.6 is 0 Å². The van der Waals surface area contributed by atoms with Crippen molar-refractivity contribution in [1.82, 2.24) is 9.62 Å². The number of amides is 2. The van der Waals surface area contributed by atoms with Crippen LogP contribution in [0.15, 0.2) is 47.4 Å². The highest BCUT2D eigenvalue weighted by atomic mass is 32.2. The van der Waals surface area contributed by atoms with Gasteiger partial charge in [-0.2, -0.15) is 4.31 Å². The average molecular weight is 472 g/mol. The molecule has 1 aliphatic carbocycles. The van der Waals surface area contributed by atoms with E-state index in [9.17, 15) is 18.0 Å². The van der Waals surface area contributed by atoms with E-state index in [2.05, 4.69) is 10.6 Å². The molecule has 178 valence electrons. The molecule has 0 radical (unpaired) electrons. The average Bonchev–Trinajstić information content (AvgIpc) is 3.25. The summed E-state index contributed by atoms with van der Waals surface area (Å²) in [5.41, 5.74) is 3.48. The van der Waals surface area contributed by atoms with Crippen LogP contribution in [0.2, 0.25) is 0 Å². The fourth-order valence-electron chi connectivity index (χ4n) is 4.14. The van der Waals surface area contributed by atoms with Crippen LogP contribution in [0, 0.1) is 5.92 Å². The number of carbonyl (C=O) groups excluding carboxylic acids is 2. The quantitative estimate of drug-likeness (QED) is 0.584. The summed E-state index contributed by atoms with van der Waals surface area (Å²) in [6.45, 7) is 7.93. The molecule has 0 saturated carbocycles. The lowest BCUT2D eigenvalue weighted by molar-refractivity contribution is -0.118. The number of benzene rings is 2. The van der Waals surface area contributed by atoms with Crippen LogP contribution in [0.3, 0.4) is 0 Å². The highest BCUT2D eigenvalue weighted by Gasteiger charge is 2.27. The van der Waals surface area contributed by atoms with Crippen molar-refractivity contribution in [2.45, 2.75) is 57.9 Å². The van der Waals surface area contributed by atoms with Crippen molar-refractivity contribution in [2.75, 3.05) is 18.4 Å². The Morgan fingerprint density at radius 2 is 1.70 bits per heavy atom. The second-order valence-corrected chi connectivity index (χ2v) is 10.6. The lowest BCUT2D eigenvalue weighted by Crippen LogP contribution is -2.47. The molecular formula is C25H33N3O4S. The molecule has 2 aromatic rings. The van der Waals surface area contributed by atoms with Crippen LogP contribution in [0.1, 0.15) is 55.6 Å². The summed E-state index contributed by atoms with van der Waals surface area (Å²) in [7, 11) is -3.69. The molecule has 0 saturated heterocycles. The number of carbonyl (C=O) groups is 2. The van der Waals surface area contributed by atoms with E-state index in [0.29, 0.717) is 18.8 Å². The van der Waals surface area contributed by atoms with Crippen molar-refractivity contribution in [3.05, 3.63) is 59.2 Å². The molecule has 0 fully saturated rings. The summed E-state index contributed by atoms with van der Waals surface area (Å²) in [5, 5.41) is 5.70. The summed E-state index contributed by atoms with van der Waals surface area (Å²) < 4.78 is 27.0. The maximum Gasteiger partial charge on any atom is 0.251 e. The second-order valence-electron chi connectivity index (χ2n) is 8.64. The summed E-state index contributed by atoms with van der Waals surface area (Å²) in [5.74, 6) is -0.955. The van der Waals surface area contributed by atoms with E-state index >= 15 is 0 Å². The first-order chi connectivity index (χ1) is 15.7. The number of nitrogens with one attached hydrogen (secondary N) is 2. The minimum atomic E-state index is -3.69. The van der Waals surface area contributed by atoms with Crippen LogP contribution in [-0.2, 0) is 27.7 Å². The molecule has 33 heavy (non-hydrogen) atoms. The van der Waals surface area contributed by atoms with Crippen LogP contribution < -0.4 is 10.6 Å². The zero-order chi connectivity index (χ0) is 24.2. The maximum absolute atomic E-state index is 13.0. The predicted octanol–water partition coefficient (Wildman–Crippen LogP) is 3.60. The maximum atomic E-state index is 13.0. The fourth-order valence-corrected chi connectivity index (χ4v) is 5.64. The van der Waals surface area contributed by atoms with Gasteiger partial charge in [0.25, 0.3) is 5.91 Å². The molecule has 2 N–H and O–H groups in total. The molecule has 0 unspecified atom stereocenters. The Balaban J connectivity index is 1.76. The molecule has 2 aromatic carbocycles. The third-order valence-corrected chi connectivity index (χ3v) is 8.09. The van der Waals surface area contributed by atoms with Gasteiger partial charge in [0.2, 0.25) is 15.9 Å². The number of hydrogen-bond donors (Lipinski definition) is 2. The molecule has 1 aliphatic rings. The van der Waals surface area contributed by atoms with Gasteiger partial charge in [0.1, 0.15) is 6.04 Å². The summed E-state index contributed by atoms with van der Waals surface area (Å²) in [6.07, 6.45) is 3.20. The van der Waals surface area contributed by atoms with Crippen LogP contribution in [-0.4, -0.2) is 43.7 Å². The van der Waals surface area contributed by atoms with E-state index in [4.69, 9.17) is 0 Å². The minimum Gasteiger partial charge on any atom is -0.340 e. The van der Waals surface area contributed by atoms with Gasteiger partial charge in [-0.3, -0.25) is 9.59 Å². The molecule has 0 bridgehead atoms. The van der Waals surface area contributed by atoms with E-state index in [1.807, 2.05) is 32.0 Å². The Hall–Kier alpha value is -2.71. The molecule has 3 rings (SSSR count). The van der Waals surface area contributed by atoms with Gasteiger partial charge in [-0.15, -0.1) is 0 Å². The third-order valence-electron chi connectivity index (χ3n) is 6.04. The van der Waals surface area contributed by atoms with Crippen molar-refractivity contribution in [3.8, 4) is 0 Å². The van der Waals surface area contributed by atoms with Crippen molar-refractivity contribution in [1.29, 1.82) is 0 Å². The number of aryl methyl sites for hydroxylation is 2. The molecule has 8 heteroatoms. The number of anilines is 1. The predicted molar refractivity (Wildman–Crippen MR) is 130 cm³/mol. The lowest BCUT2D eigenvalue weighted by Gasteiger charge is -2.22. The van der Waals surface area contributed by atoms with E-state index in [1.165, 1.54) is 27.6 Å². The molecule has 2 amide bonds. The summed E-state index contributed by atoms with van der Waals surface area (Å²) >= 11 is 0. The first-order valence-electron chi connectivity index (χ1n) is 11.5. The highest BCUT2D eigenvalue weighted by molar-refractivity contribution is 7.89. The van der Waals surface area contributed by atoms with Gasteiger partial charge in [-0.05, 0) is 66.6 Å². The first kappa shape index (κ1) is 24.9.